The highest BCUT2D eigenvalue weighted by Crippen LogP contribution is 2.25. The Morgan fingerprint density at radius 2 is 1.72 bits per heavy atom. The molecule has 2 N–H and O–H groups in total. The Bertz CT molecular complexity index is 851. The van der Waals surface area contributed by atoms with Crippen LogP contribution in [0.5, 0.6) is 0 Å². The van der Waals surface area contributed by atoms with Gasteiger partial charge in [-0.15, -0.1) is 0 Å². The number of hydrogen-bond donors (Lipinski definition) is 2. The summed E-state index contributed by atoms with van der Waals surface area (Å²) in [5.41, 5.74) is 4.90. The van der Waals surface area contributed by atoms with Gasteiger partial charge in [-0.25, -0.2) is 0 Å². The van der Waals surface area contributed by atoms with Gasteiger partial charge in [-0.1, -0.05) is 29.3 Å². The van der Waals surface area contributed by atoms with Crippen LogP contribution in [0, 0.1) is 10.1 Å². The number of nitrogens with one attached hydrogen (secondary N) is 2. The standard InChI is InChI=1S/C16H11Cl2N3O4/c17-12-5-3-11(4-6-12)16(23)20-19-15(22)8-2-10-1-7-13(18)14(9-10)21(24)25/h1-9H,(H,19,22)(H,20,23). The van der Waals surface area contributed by atoms with Gasteiger partial charge in [0.05, 0.1) is 4.92 Å². The molecule has 2 amide bonds. The number of halogens is 2. The van der Waals surface area contributed by atoms with Crippen LogP contribution in [0.2, 0.25) is 10.0 Å². The number of carbonyl (C=O) groups excluding carboxylic acids is 2. The van der Waals surface area contributed by atoms with Gasteiger partial charge >= 0.3 is 0 Å². The van der Waals surface area contributed by atoms with E-state index in [2.05, 4.69) is 10.9 Å². The van der Waals surface area contributed by atoms with Gasteiger partial charge in [0.25, 0.3) is 17.5 Å². The zero-order valence-corrected chi connectivity index (χ0v) is 14.0. The van der Waals surface area contributed by atoms with Crippen molar-refractivity contribution in [1.29, 1.82) is 0 Å². The maximum atomic E-state index is 11.8. The van der Waals surface area contributed by atoms with E-state index in [-0.39, 0.29) is 10.7 Å². The topological polar surface area (TPSA) is 101 Å². The van der Waals surface area contributed by atoms with Gasteiger partial charge in [0, 0.05) is 22.7 Å². The zero-order valence-electron chi connectivity index (χ0n) is 12.5. The fourth-order valence-corrected chi connectivity index (χ4v) is 2.09. The molecule has 2 aromatic carbocycles. The minimum Gasteiger partial charge on any atom is -0.268 e. The second-order valence-electron chi connectivity index (χ2n) is 4.75. The van der Waals surface area contributed by atoms with Crippen molar-refractivity contribution in [2.45, 2.75) is 0 Å². The van der Waals surface area contributed by atoms with Crippen LogP contribution < -0.4 is 10.9 Å². The number of amides is 2. The molecule has 0 fully saturated rings. The first-order chi connectivity index (χ1) is 11.9. The third-order valence-electron chi connectivity index (χ3n) is 3.00. The molecular formula is C16H11Cl2N3O4. The Morgan fingerprint density at radius 3 is 2.36 bits per heavy atom. The summed E-state index contributed by atoms with van der Waals surface area (Å²) in [4.78, 5) is 33.7. The molecule has 2 rings (SSSR count). The van der Waals surface area contributed by atoms with Crippen LogP contribution in [0.4, 0.5) is 5.69 Å². The third kappa shape index (κ3) is 5.30. The fraction of sp³-hybridized carbons (Fsp3) is 0. The van der Waals surface area contributed by atoms with Gasteiger partial charge in [0.2, 0.25) is 0 Å². The van der Waals surface area contributed by atoms with E-state index < -0.39 is 16.7 Å². The predicted molar refractivity (Wildman–Crippen MR) is 94.2 cm³/mol. The van der Waals surface area contributed by atoms with Crippen LogP contribution in [-0.2, 0) is 4.79 Å². The van der Waals surface area contributed by atoms with E-state index in [1.807, 2.05) is 0 Å². The van der Waals surface area contributed by atoms with Crippen molar-refractivity contribution >= 4 is 46.8 Å². The van der Waals surface area contributed by atoms with E-state index in [4.69, 9.17) is 23.2 Å². The lowest BCUT2D eigenvalue weighted by Gasteiger charge is -2.05. The van der Waals surface area contributed by atoms with Crippen molar-refractivity contribution in [2.24, 2.45) is 0 Å². The second-order valence-corrected chi connectivity index (χ2v) is 5.60. The summed E-state index contributed by atoms with van der Waals surface area (Å²) in [6, 6.07) is 10.2. The van der Waals surface area contributed by atoms with Crippen LogP contribution in [0.25, 0.3) is 6.08 Å². The van der Waals surface area contributed by atoms with Crippen LogP contribution >= 0.6 is 23.2 Å². The quantitative estimate of drug-likeness (QED) is 0.482. The van der Waals surface area contributed by atoms with Crippen molar-refractivity contribution in [3.05, 3.63) is 79.8 Å². The average Bonchev–Trinajstić information content (AvgIpc) is 2.59. The summed E-state index contributed by atoms with van der Waals surface area (Å²) in [6.07, 6.45) is 2.47. The van der Waals surface area contributed by atoms with E-state index in [1.54, 1.807) is 12.1 Å². The molecule has 0 radical (unpaired) electrons. The minimum atomic E-state index is -0.619. The van der Waals surface area contributed by atoms with E-state index >= 15 is 0 Å². The molecule has 0 aromatic heterocycles. The first-order valence-electron chi connectivity index (χ1n) is 6.85. The molecule has 0 atom stereocenters. The number of rotatable bonds is 4. The van der Waals surface area contributed by atoms with Crippen LogP contribution in [0.15, 0.2) is 48.5 Å². The molecule has 0 aliphatic heterocycles. The molecule has 0 saturated heterocycles. The number of nitrogens with zero attached hydrogens (tertiary/aromatic N) is 1. The smallest absolute Gasteiger partial charge is 0.268 e. The van der Waals surface area contributed by atoms with Crippen LogP contribution in [0.3, 0.4) is 0 Å². The monoisotopic (exact) mass is 379 g/mol. The number of benzene rings is 2. The lowest BCUT2D eigenvalue weighted by Crippen LogP contribution is -2.40. The van der Waals surface area contributed by atoms with Gasteiger partial charge < -0.3 is 0 Å². The van der Waals surface area contributed by atoms with E-state index in [0.29, 0.717) is 16.1 Å². The molecule has 128 valence electrons. The molecular weight excluding hydrogens is 369 g/mol. The highest BCUT2D eigenvalue weighted by molar-refractivity contribution is 6.32. The van der Waals surface area contributed by atoms with Gasteiger partial charge in [-0.2, -0.15) is 0 Å². The molecule has 25 heavy (non-hydrogen) atoms. The lowest BCUT2D eigenvalue weighted by molar-refractivity contribution is -0.384. The van der Waals surface area contributed by atoms with Gasteiger partial charge in [0.1, 0.15) is 5.02 Å². The Labute approximate surface area is 152 Å². The largest absolute Gasteiger partial charge is 0.288 e. The van der Waals surface area contributed by atoms with Crippen molar-refractivity contribution in [3.8, 4) is 0 Å². The third-order valence-corrected chi connectivity index (χ3v) is 3.57. The number of hydrazine groups is 1. The van der Waals surface area contributed by atoms with Crippen molar-refractivity contribution < 1.29 is 14.5 Å². The fourth-order valence-electron chi connectivity index (χ4n) is 1.78. The first-order valence-corrected chi connectivity index (χ1v) is 7.60. The molecule has 7 nitrogen and oxygen atoms in total. The number of nitro benzene ring substituents is 1. The van der Waals surface area contributed by atoms with E-state index in [0.717, 1.165) is 6.08 Å². The van der Waals surface area contributed by atoms with E-state index in [9.17, 15) is 19.7 Å². The number of carbonyl (C=O) groups is 2. The molecule has 0 aliphatic carbocycles. The van der Waals surface area contributed by atoms with Crippen LogP contribution in [0.1, 0.15) is 15.9 Å². The first kappa shape index (κ1) is 18.4. The normalized spacial score (nSPS) is 10.5. The van der Waals surface area contributed by atoms with Gasteiger partial charge in [-0.05, 0) is 42.0 Å². The van der Waals surface area contributed by atoms with Gasteiger partial charge in [-0.3, -0.25) is 30.6 Å². The number of nitro groups is 1. The molecule has 0 aliphatic rings. The molecule has 0 heterocycles. The highest BCUT2D eigenvalue weighted by atomic mass is 35.5. The Morgan fingerprint density at radius 1 is 1.04 bits per heavy atom. The highest BCUT2D eigenvalue weighted by Gasteiger charge is 2.11. The van der Waals surface area contributed by atoms with Crippen molar-refractivity contribution in [3.63, 3.8) is 0 Å². The Hall–Kier alpha value is -2.90. The molecule has 0 saturated carbocycles. The molecule has 0 spiro atoms. The summed E-state index contributed by atoms with van der Waals surface area (Å²) >= 11 is 11.4. The minimum absolute atomic E-state index is 0.00169. The van der Waals surface area contributed by atoms with Crippen LogP contribution in [-0.4, -0.2) is 16.7 Å². The summed E-state index contributed by atoms with van der Waals surface area (Å²) in [7, 11) is 0. The van der Waals surface area contributed by atoms with Gasteiger partial charge in [0.15, 0.2) is 0 Å². The predicted octanol–water partition coefficient (Wildman–Crippen LogP) is 3.38. The molecule has 0 bridgehead atoms. The summed E-state index contributed by atoms with van der Waals surface area (Å²) in [6.45, 7) is 0. The van der Waals surface area contributed by atoms with Crippen molar-refractivity contribution in [1.82, 2.24) is 10.9 Å². The lowest BCUT2D eigenvalue weighted by atomic mass is 10.2. The SMILES string of the molecule is O=C(C=Cc1ccc(Cl)c([N+](=O)[O-])c1)NNC(=O)c1ccc(Cl)cc1. The Kier molecular flexibility index (Phi) is 6.10. The summed E-state index contributed by atoms with van der Waals surface area (Å²) in [5, 5.41) is 11.3. The maximum absolute atomic E-state index is 11.8. The average molecular weight is 380 g/mol. The molecule has 0 unspecified atom stereocenters. The summed E-state index contributed by atoms with van der Waals surface area (Å²) < 4.78 is 0. The van der Waals surface area contributed by atoms with E-state index in [1.165, 1.54) is 36.4 Å². The zero-order chi connectivity index (χ0) is 18.4. The Balaban J connectivity index is 1.95. The molecule has 9 heteroatoms. The molecule has 2 aromatic rings. The second kappa shape index (κ2) is 8.27. The van der Waals surface area contributed by atoms with Crippen molar-refractivity contribution in [2.75, 3.05) is 0 Å². The summed E-state index contributed by atoms with van der Waals surface area (Å²) in [5.74, 6) is -1.12. The number of hydrogen-bond acceptors (Lipinski definition) is 4. The maximum Gasteiger partial charge on any atom is 0.288 e.